The Labute approximate surface area is 131 Å². The van der Waals surface area contributed by atoms with E-state index in [9.17, 15) is 9.59 Å². The molecule has 120 valence electrons. The summed E-state index contributed by atoms with van der Waals surface area (Å²) in [5, 5.41) is 5.65. The zero-order valence-corrected chi connectivity index (χ0v) is 13.3. The lowest BCUT2D eigenvalue weighted by Gasteiger charge is -2.22. The molecule has 1 heterocycles. The highest BCUT2D eigenvalue weighted by atomic mass is 16.2. The Balaban J connectivity index is 1.86. The number of carbonyl (C=O) groups excluding carboxylic acids is 2. The van der Waals surface area contributed by atoms with E-state index >= 15 is 0 Å². The molecule has 22 heavy (non-hydrogen) atoms. The van der Waals surface area contributed by atoms with Crippen LogP contribution in [0.5, 0.6) is 0 Å². The van der Waals surface area contributed by atoms with Crippen molar-refractivity contribution in [3.05, 3.63) is 23.9 Å². The smallest absolute Gasteiger partial charge is 0.255 e. The highest BCUT2D eigenvalue weighted by molar-refractivity contribution is 6.00. The molecule has 1 aromatic heterocycles. The van der Waals surface area contributed by atoms with Gasteiger partial charge < -0.3 is 15.5 Å². The average Bonchev–Trinajstić information content (AvgIpc) is 2.53. The van der Waals surface area contributed by atoms with E-state index in [0.717, 1.165) is 12.8 Å². The third kappa shape index (κ3) is 4.44. The second kappa shape index (κ2) is 7.77. The highest BCUT2D eigenvalue weighted by Gasteiger charge is 2.17. The fourth-order valence-electron chi connectivity index (χ4n) is 2.71. The molecule has 1 aliphatic carbocycles. The van der Waals surface area contributed by atoms with Gasteiger partial charge in [0.15, 0.2) is 0 Å². The van der Waals surface area contributed by atoms with Gasteiger partial charge >= 0.3 is 0 Å². The number of carbonyl (C=O) groups is 2. The molecule has 0 atom stereocenters. The van der Waals surface area contributed by atoms with Gasteiger partial charge in [-0.1, -0.05) is 19.3 Å². The lowest BCUT2D eigenvalue weighted by atomic mass is 9.95. The Morgan fingerprint density at radius 3 is 2.68 bits per heavy atom. The largest absolute Gasteiger partial charge is 0.362 e. The first kappa shape index (κ1) is 16.3. The molecule has 0 unspecified atom stereocenters. The number of pyridine rings is 1. The van der Waals surface area contributed by atoms with Gasteiger partial charge in [-0.2, -0.15) is 0 Å². The molecular weight excluding hydrogens is 280 g/mol. The minimum atomic E-state index is -0.282. The molecule has 0 saturated heterocycles. The van der Waals surface area contributed by atoms with Gasteiger partial charge in [-0.25, -0.2) is 4.98 Å². The van der Waals surface area contributed by atoms with Crippen molar-refractivity contribution in [1.82, 2.24) is 15.6 Å². The summed E-state index contributed by atoms with van der Waals surface area (Å²) in [4.78, 5) is 30.1. The summed E-state index contributed by atoms with van der Waals surface area (Å²) in [7, 11) is 3.66. The topological polar surface area (TPSA) is 74.3 Å². The van der Waals surface area contributed by atoms with Crippen molar-refractivity contribution in [2.45, 2.75) is 38.1 Å². The molecule has 1 fully saturated rings. The monoisotopic (exact) mass is 304 g/mol. The van der Waals surface area contributed by atoms with Gasteiger partial charge in [-0.05, 0) is 25.0 Å². The summed E-state index contributed by atoms with van der Waals surface area (Å²) in [5.41, 5.74) is 0.470. The van der Waals surface area contributed by atoms with Gasteiger partial charge in [0.1, 0.15) is 5.82 Å². The number of nitrogens with one attached hydrogen (secondary N) is 2. The normalized spacial score (nSPS) is 15.2. The lowest BCUT2D eigenvalue weighted by Crippen LogP contribution is -2.42. The van der Waals surface area contributed by atoms with Crippen molar-refractivity contribution < 1.29 is 9.59 Å². The zero-order chi connectivity index (χ0) is 15.9. The van der Waals surface area contributed by atoms with E-state index in [-0.39, 0.29) is 24.4 Å². The fourth-order valence-corrected chi connectivity index (χ4v) is 2.71. The molecule has 0 bridgehead atoms. The SMILES string of the molecule is CN(C)c1ncccc1C(=O)NCC(=O)NC1CCCCC1. The van der Waals surface area contributed by atoms with E-state index < -0.39 is 0 Å². The predicted octanol–water partition coefficient (Wildman–Crippen LogP) is 1.33. The number of rotatable bonds is 5. The van der Waals surface area contributed by atoms with Crippen molar-refractivity contribution in [2.75, 3.05) is 25.5 Å². The van der Waals surface area contributed by atoms with Crippen LogP contribution in [0.1, 0.15) is 42.5 Å². The van der Waals surface area contributed by atoms with Gasteiger partial charge in [0.2, 0.25) is 5.91 Å². The minimum Gasteiger partial charge on any atom is -0.362 e. The molecular formula is C16H24N4O2. The van der Waals surface area contributed by atoms with Gasteiger partial charge in [-0.3, -0.25) is 9.59 Å². The van der Waals surface area contributed by atoms with Gasteiger partial charge in [0, 0.05) is 26.3 Å². The van der Waals surface area contributed by atoms with Gasteiger partial charge in [-0.15, -0.1) is 0 Å². The van der Waals surface area contributed by atoms with Crippen molar-refractivity contribution in [3.63, 3.8) is 0 Å². The van der Waals surface area contributed by atoms with Crippen LogP contribution in [0.15, 0.2) is 18.3 Å². The second-order valence-corrected chi connectivity index (χ2v) is 5.85. The van der Waals surface area contributed by atoms with Crippen LogP contribution < -0.4 is 15.5 Å². The maximum Gasteiger partial charge on any atom is 0.255 e. The highest BCUT2D eigenvalue weighted by Crippen LogP contribution is 2.17. The summed E-state index contributed by atoms with van der Waals surface area (Å²) in [6.45, 7) is -0.00288. The zero-order valence-electron chi connectivity index (χ0n) is 13.3. The van der Waals surface area contributed by atoms with E-state index in [2.05, 4.69) is 15.6 Å². The van der Waals surface area contributed by atoms with Gasteiger partial charge in [0.05, 0.1) is 12.1 Å². The molecule has 1 aromatic rings. The van der Waals surface area contributed by atoms with Crippen LogP contribution in [0.2, 0.25) is 0 Å². The third-order valence-corrected chi connectivity index (χ3v) is 3.83. The van der Waals surface area contributed by atoms with E-state index in [1.54, 1.807) is 23.2 Å². The molecule has 2 N–H and O–H groups in total. The molecule has 0 aliphatic heterocycles. The standard InChI is InChI=1S/C16H24N4O2/c1-20(2)15-13(9-6-10-17-15)16(22)18-11-14(21)19-12-7-4-3-5-8-12/h6,9-10,12H,3-5,7-8,11H2,1-2H3,(H,18,22)(H,19,21). The maximum atomic E-state index is 12.2. The molecule has 6 heteroatoms. The molecule has 6 nitrogen and oxygen atoms in total. The van der Waals surface area contributed by atoms with Gasteiger partial charge in [0.25, 0.3) is 5.91 Å². The maximum absolute atomic E-state index is 12.2. The van der Waals surface area contributed by atoms with Crippen LogP contribution in [-0.2, 0) is 4.79 Å². The summed E-state index contributed by atoms with van der Waals surface area (Å²) in [5.74, 6) is 0.179. The van der Waals surface area contributed by atoms with Crippen LogP contribution in [-0.4, -0.2) is 43.5 Å². The van der Waals surface area contributed by atoms with Crippen molar-refractivity contribution in [2.24, 2.45) is 0 Å². The number of amides is 2. The van der Waals surface area contributed by atoms with Crippen molar-refractivity contribution >= 4 is 17.6 Å². The van der Waals surface area contributed by atoms with Crippen LogP contribution in [0.3, 0.4) is 0 Å². The first-order valence-corrected chi connectivity index (χ1v) is 7.78. The third-order valence-electron chi connectivity index (χ3n) is 3.83. The van der Waals surface area contributed by atoms with E-state index in [1.807, 2.05) is 14.1 Å². The molecule has 2 rings (SSSR count). The average molecular weight is 304 g/mol. The van der Waals surface area contributed by atoms with Crippen LogP contribution >= 0.6 is 0 Å². The second-order valence-electron chi connectivity index (χ2n) is 5.85. The number of aromatic nitrogens is 1. The summed E-state index contributed by atoms with van der Waals surface area (Å²) in [6.07, 6.45) is 7.29. The Morgan fingerprint density at radius 2 is 2.00 bits per heavy atom. The molecule has 0 radical (unpaired) electrons. The number of nitrogens with zero attached hydrogens (tertiary/aromatic N) is 2. The van der Waals surface area contributed by atoms with E-state index in [4.69, 9.17) is 0 Å². The Morgan fingerprint density at radius 1 is 1.27 bits per heavy atom. The van der Waals surface area contributed by atoms with E-state index in [1.165, 1.54) is 19.3 Å². The summed E-state index contributed by atoms with van der Waals surface area (Å²) in [6, 6.07) is 3.68. The summed E-state index contributed by atoms with van der Waals surface area (Å²) >= 11 is 0. The molecule has 1 saturated carbocycles. The number of anilines is 1. The number of hydrogen-bond donors (Lipinski definition) is 2. The molecule has 2 amide bonds. The molecule has 1 aliphatic rings. The molecule has 0 spiro atoms. The number of hydrogen-bond acceptors (Lipinski definition) is 4. The quantitative estimate of drug-likeness (QED) is 0.860. The Kier molecular flexibility index (Phi) is 5.75. The van der Waals surface area contributed by atoms with E-state index in [0.29, 0.717) is 11.4 Å². The lowest BCUT2D eigenvalue weighted by molar-refractivity contribution is -0.121. The minimum absolute atomic E-state index is 0.00288. The first-order valence-electron chi connectivity index (χ1n) is 7.78. The van der Waals surface area contributed by atoms with Crippen LogP contribution in [0.4, 0.5) is 5.82 Å². The first-order chi connectivity index (χ1) is 10.6. The van der Waals surface area contributed by atoms with Crippen LogP contribution in [0, 0.1) is 0 Å². The fraction of sp³-hybridized carbons (Fsp3) is 0.562. The van der Waals surface area contributed by atoms with Crippen molar-refractivity contribution in [1.29, 1.82) is 0 Å². The Hall–Kier alpha value is -2.11. The molecule has 0 aromatic carbocycles. The van der Waals surface area contributed by atoms with Crippen LogP contribution in [0.25, 0.3) is 0 Å². The Bertz CT molecular complexity index is 525. The summed E-state index contributed by atoms with van der Waals surface area (Å²) < 4.78 is 0. The predicted molar refractivity (Wildman–Crippen MR) is 85.9 cm³/mol. The van der Waals surface area contributed by atoms with Crippen molar-refractivity contribution in [3.8, 4) is 0 Å².